The van der Waals surface area contributed by atoms with Crippen molar-refractivity contribution in [2.24, 2.45) is 0 Å². The van der Waals surface area contributed by atoms with Crippen molar-refractivity contribution in [3.63, 3.8) is 0 Å². The molecule has 1 aromatic heterocycles. The zero-order chi connectivity index (χ0) is 21.1. The molecule has 0 saturated carbocycles. The monoisotopic (exact) mass is 441 g/mol. The number of sulfone groups is 1. The standard InChI is InChI=1S/C23H23NO4S2/c1-30(26,27)20-10-7-16(8-11-20)21-6-2-4-17-14-18(28-23(17)21)15-24-22(25)12-9-19-5-3-13-29-19/h2-8,10-11,13,18H,9,12,14-15H2,1H3,(H,24,25). The molecule has 30 heavy (non-hydrogen) atoms. The number of rotatable bonds is 7. The van der Waals surface area contributed by atoms with Gasteiger partial charge in [0.05, 0.1) is 11.4 Å². The first kappa shape index (κ1) is 20.6. The topological polar surface area (TPSA) is 72.5 Å². The molecule has 1 unspecified atom stereocenters. The van der Waals surface area contributed by atoms with Crippen molar-refractivity contribution in [1.29, 1.82) is 0 Å². The van der Waals surface area contributed by atoms with Gasteiger partial charge in [0.1, 0.15) is 11.9 Å². The quantitative estimate of drug-likeness (QED) is 0.604. The lowest BCUT2D eigenvalue weighted by Crippen LogP contribution is -2.34. The maximum atomic E-state index is 12.2. The SMILES string of the molecule is CS(=O)(=O)c1ccc(-c2cccc3c2OC(CNC(=O)CCc2cccs2)C3)cc1. The Kier molecular flexibility index (Phi) is 5.92. The van der Waals surface area contributed by atoms with E-state index in [0.717, 1.165) is 35.3 Å². The molecule has 1 atom stereocenters. The van der Waals surface area contributed by atoms with Crippen molar-refractivity contribution in [1.82, 2.24) is 5.32 Å². The van der Waals surface area contributed by atoms with Gasteiger partial charge in [-0.3, -0.25) is 4.79 Å². The molecule has 2 heterocycles. The molecule has 4 rings (SSSR count). The highest BCUT2D eigenvalue weighted by Crippen LogP contribution is 2.38. The molecular formula is C23H23NO4S2. The van der Waals surface area contributed by atoms with Gasteiger partial charge in [0.25, 0.3) is 0 Å². The van der Waals surface area contributed by atoms with Gasteiger partial charge in [-0.05, 0) is 41.1 Å². The van der Waals surface area contributed by atoms with Crippen LogP contribution in [-0.4, -0.2) is 33.2 Å². The largest absolute Gasteiger partial charge is 0.487 e. The van der Waals surface area contributed by atoms with Gasteiger partial charge in [-0.1, -0.05) is 36.4 Å². The minimum Gasteiger partial charge on any atom is -0.487 e. The van der Waals surface area contributed by atoms with E-state index in [2.05, 4.69) is 5.32 Å². The Bertz CT molecular complexity index is 1140. The third kappa shape index (κ3) is 4.74. The summed E-state index contributed by atoms with van der Waals surface area (Å²) in [5.74, 6) is 0.835. The lowest BCUT2D eigenvalue weighted by molar-refractivity contribution is -0.121. The van der Waals surface area contributed by atoms with E-state index in [1.54, 1.807) is 35.6 Å². The molecule has 1 N–H and O–H groups in total. The van der Waals surface area contributed by atoms with Gasteiger partial charge >= 0.3 is 0 Å². The number of aryl methyl sites for hydroxylation is 1. The summed E-state index contributed by atoms with van der Waals surface area (Å²) < 4.78 is 29.5. The molecule has 3 aromatic rings. The fourth-order valence-electron chi connectivity index (χ4n) is 3.57. The van der Waals surface area contributed by atoms with Crippen LogP contribution in [0.4, 0.5) is 0 Å². The van der Waals surface area contributed by atoms with Crippen LogP contribution < -0.4 is 10.1 Å². The summed E-state index contributed by atoms with van der Waals surface area (Å²) in [6.45, 7) is 0.463. The molecule has 0 fully saturated rings. The summed E-state index contributed by atoms with van der Waals surface area (Å²) in [5.41, 5.74) is 2.93. The van der Waals surface area contributed by atoms with E-state index in [-0.39, 0.29) is 12.0 Å². The van der Waals surface area contributed by atoms with Crippen LogP contribution in [0, 0.1) is 0 Å². The highest BCUT2D eigenvalue weighted by molar-refractivity contribution is 7.90. The molecule has 0 saturated heterocycles. The van der Waals surface area contributed by atoms with Crippen LogP contribution in [0.1, 0.15) is 16.9 Å². The van der Waals surface area contributed by atoms with Gasteiger partial charge in [-0.15, -0.1) is 11.3 Å². The lowest BCUT2D eigenvalue weighted by atomic mass is 10.0. The van der Waals surface area contributed by atoms with Gasteiger partial charge in [0, 0.05) is 29.5 Å². The Hall–Kier alpha value is -2.64. The van der Waals surface area contributed by atoms with Crippen LogP contribution in [0.25, 0.3) is 11.1 Å². The van der Waals surface area contributed by atoms with E-state index in [1.165, 1.54) is 11.1 Å². The maximum absolute atomic E-state index is 12.2. The summed E-state index contributed by atoms with van der Waals surface area (Å²) in [7, 11) is -3.23. The number of amides is 1. The minimum absolute atomic E-state index is 0.0274. The first-order valence-corrected chi connectivity index (χ1v) is 12.6. The Morgan fingerprint density at radius 3 is 2.63 bits per heavy atom. The molecule has 0 spiro atoms. The van der Waals surface area contributed by atoms with Gasteiger partial charge in [0.2, 0.25) is 5.91 Å². The highest BCUT2D eigenvalue weighted by Gasteiger charge is 2.26. The average molecular weight is 442 g/mol. The van der Waals surface area contributed by atoms with Crippen molar-refractivity contribution >= 4 is 27.1 Å². The molecule has 156 valence electrons. The highest BCUT2D eigenvalue weighted by atomic mass is 32.2. The van der Waals surface area contributed by atoms with Crippen LogP contribution in [-0.2, 0) is 27.5 Å². The second-order valence-corrected chi connectivity index (χ2v) is 10.5. The number of carbonyl (C=O) groups is 1. The maximum Gasteiger partial charge on any atom is 0.220 e. The summed E-state index contributed by atoms with van der Waals surface area (Å²) in [5, 5.41) is 5.00. The number of ether oxygens (including phenoxy) is 1. The number of carbonyl (C=O) groups excluding carboxylic acids is 1. The number of hydrogen-bond acceptors (Lipinski definition) is 5. The third-order valence-electron chi connectivity index (χ3n) is 5.13. The molecular weight excluding hydrogens is 418 g/mol. The zero-order valence-corrected chi connectivity index (χ0v) is 18.3. The number of para-hydroxylation sites is 1. The first-order valence-electron chi connectivity index (χ1n) is 9.78. The van der Waals surface area contributed by atoms with E-state index in [4.69, 9.17) is 4.74 Å². The fraction of sp³-hybridized carbons (Fsp3) is 0.261. The van der Waals surface area contributed by atoms with E-state index >= 15 is 0 Å². The van der Waals surface area contributed by atoms with Crippen LogP contribution in [0.2, 0.25) is 0 Å². The van der Waals surface area contributed by atoms with Crippen molar-refractivity contribution in [3.05, 3.63) is 70.4 Å². The molecule has 1 aliphatic rings. The van der Waals surface area contributed by atoms with Crippen LogP contribution in [0.3, 0.4) is 0 Å². The number of hydrogen-bond donors (Lipinski definition) is 1. The normalized spacial score (nSPS) is 15.4. The molecule has 5 nitrogen and oxygen atoms in total. The summed E-state index contributed by atoms with van der Waals surface area (Å²) in [4.78, 5) is 13.7. The Morgan fingerprint density at radius 1 is 1.13 bits per heavy atom. The molecule has 2 aromatic carbocycles. The average Bonchev–Trinajstić information content (AvgIpc) is 3.39. The van der Waals surface area contributed by atoms with Gasteiger partial charge in [0.15, 0.2) is 9.84 Å². The molecule has 0 radical (unpaired) electrons. The Labute approximate surface area is 180 Å². The van der Waals surface area contributed by atoms with E-state index in [9.17, 15) is 13.2 Å². The summed E-state index contributed by atoms with van der Waals surface area (Å²) in [6, 6.07) is 16.8. The molecule has 0 bridgehead atoms. The number of nitrogens with one attached hydrogen (secondary N) is 1. The fourth-order valence-corrected chi connectivity index (χ4v) is 4.91. The van der Waals surface area contributed by atoms with Gasteiger partial charge in [-0.25, -0.2) is 8.42 Å². The van der Waals surface area contributed by atoms with E-state index in [1.807, 2.05) is 35.7 Å². The smallest absolute Gasteiger partial charge is 0.220 e. The third-order valence-corrected chi connectivity index (χ3v) is 7.19. The predicted octanol–water partition coefficient (Wildman–Crippen LogP) is 3.87. The Balaban J connectivity index is 1.39. The van der Waals surface area contributed by atoms with Crippen LogP contribution in [0.5, 0.6) is 5.75 Å². The minimum atomic E-state index is -3.23. The van der Waals surface area contributed by atoms with Crippen molar-refractivity contribution in [3.8, 4) is 16.9 Å². The number of benzene rings is 2. The van der Waals surface area contributed by atoms with E-state index < -0.39 is 9.84 Å². The second-order valence-electron chi connectivity index (χ2n) is 7.42. The van der Waals surface area contributed by atoms with Gasteiger partial charge < -0.3 is 10.1 Å². The molecule has 7 heteroatoms. The van der Waals surface area contributed by atoms with Crippen molar-refractivity contribution < 1.29 is 17.9 Å². The summed E-state index contributed by atoms with van der Waals surface area (Å²) >= 11 is 1.66. The van der Waals surface area contributed by atoms with Gasteiger partial charge in [-0.2, -0.15) is 0 Å². The van der Waals surface area contributed by atoms with E-state index in [0.29, 0.717) is 17.9 Å². The molecule has 1 aliphatic heterocycles. The molecule has 1 amide bonds. The number of thiophene rings is 1. The van der Waals surface area contributed by atoms with Crippen LogP contribution in [0.15, 0.2) is 64.9 Å². The Morgan fingerprint density at radius 2 is 1.93 bits per heavy atom. The second kappa shape index (κ2) is 8.62. The first-order chi connectivity index (χ1) is 14.4. The lowest BCUT2D eigenvalue weighted by Gasteiger charge is -2.14. The number of fused-ring (bicyclic) bond motifs is 1. The molecule has 0 aliphatic carbocycles. The zero-order valence-electron chi connectivity index (χ0n) is 16.6. The summed E-state index contributed by atoms with van der Waals surface area (Å²) in [6.07, 6.45) is 3.05. The van der Waals surface area contributed by atoms with Crippen molar-refractivity contribution in [2.75, 3.05) is 12.8 Å². The van der Waals surface area contributed by atoms with Crippen molar-refractivity contribution in [2.45, 2.75) is 30.3 Å². The predicted molar refractivity (Wildman–Crippen MR) is 119 cm³/mol. The van der Waals surface area contributed by atoms with Crippen LogP contribution >= 0.6 is 11.3 Å².